The van der Waals surface area contributed by atoms with Gasteiger partial charge >= 0.3 is 5.97 Å². The van der Waals surface area contributed by atoms with E-state index in [0.717, 1.165) is 23.3 Å². The maximum absolute atomic E-state index is 12.9. The summed E-state index contributed by atoms with van der Waals surface area (Å²) in [5.74, 6) is 2.00. The van der Waals surface area contributed by atoms with Crippen molar-refractivity contribution in [1.82, 2.24) is 14.8 Å². The molecule has 2 heterocycles. The number of esters is 1. The summed E-state index contributed by atoms with van der Waals surface area (Å²) in [4.78, 5) is 17.5. The molecule has 0 fully saturated rings. The van der Waals surface area contributed by atoms with Gasteiger partial charge in [-0.15, -0.1) is 5.10 Å². The molecule has 36 heavy (non-hydrogen) atoms. The van der Waals surface area contributed by atoms with Gasteiger partial charge < -0.3 is 19.5 Å². The summed E-state index contributed by atoms with van der Waals surface area (Å²) in [5.41, 5.74) is 2.68. The van der Waals surface area contributed by atoms with Crippen LogP contribution in [0.5, 0.6) is 11.5 Å². The highest BCUT2D eigenvalue weighted by molar-refractivity contribution is 9.10. The van der Waals surface area contributed by atoms with Crippen LogP contribution in [0, 0.1) is 0 Å². The first kappa shape index (κ1) is 26.4. The van der Waals surface area contributed by atoms with Crippen LogP contribution in [-0.4, -0.2) is 40.7 Å². The third kappa shape index (κ3) is 5.35. The quantitative estimate of drug-likeness (QED) is 0.230. The first-order valence-electron chi connectivity index (χ1n) is 11.3. The minimum absolute atomic E-state index is 0.263. The standard InChI is InChI=1S/C25H26BrClN4O4S/c1-5-10-36-25-29-24-28-14(2)20(23(32)34-4)21(31(24)30-25)16-11-17(26)22(19(12-16)33-3)35-13-15-8-6-7-9-18(15)27/h6-9,11-12,21H,5,10,13H2,1-4H3,(H,28,29,30). The van der Waals surface area contributed by atoms with Gasteiger partial charge in [0.15, 0.2) is 11.5 Å². The molecule has 11 heteroatoms. The number of hydrogen-bond donors (Lipinski definition) is 1. The second kappa shape index (κ2) is 11.6. The number of anilines is 1. The third-order valence-electron chi connectivity index (χ3n) is 5.57. The van der Waals surface area contributed by atoms with Crippen LogP contribution in [-0.2, 0) is 16.1 Å². The summed E-state index contributed by atoms with van der Waals surface area (Å²) >= 11 is 11.5. The normalized spacial score (nSPS) is 14.8. The Kier molecular flexibility index (Phi) is 8.48. The summed E-state index contributed by atoms with van der Waals surface area (Å²) in [7, 11) is 2.93. The van der Waals surface area contributed by atoms with E-state index in [2.05, 4.69) is 33.2 Å². The second-order valence-corrected chi connectivity index (χ2v) is 10.3. The molecule has 1 unspecified atom stereocenters. The predicted molar refractivity (Wildman–Crippen MR) is 144 cm³/mol. The first-order valence-corrected chi connectivity index (χ1v) is 13.4. The molecular weight excluding hydrogens is 568 g/mol. The number of allylic oxidation sites excluding steroid dienone is 1. The lowest BCUT2D eigenvalue weighted by Crippen LogP contribution is -2.29. The smallest absolute Gasteiger partial charge is 0.338 e. The number of thioether (sulfide) groups is 1. The van der Waals surface area contributed by atoms with Crippen molar-refractivity contribution in [2.45, 2.75) is 38.1 Å². The second-order valence-electron chi connectivity index (χ2n) is 7.98. The lowest BCUT2D eigenvalue weighted by atomic mass is 9.95. The zero-order chi connectivity index (χ0) is 25.8. The van der Waals surface area contributed by atoms with Crippen LogP contribution in [0.15, 0.2) is 57.3 Å². The number of carbonyl (C=O) groups is 1. The summed E-state index contributed by atoms with van der Waals surface area (Å²) < 4.78 is 19.3. The first-order chi connectivity index (χ1) is 17.4. The Balaban J connectivity index is 1.76. The van der Waals surface area contributed by atoms with Gasteiger partial charge in [-0.05, 0) is 53.0 Å². The van der Waals surface area contributed by atoms with Crippen LogP contribution in [0.4, 0.5) is 5.95 Å². The fourth-order valence-electron chi connectivity index (χ4n) is 3.87. The maximum atomic E-state index is 12.9. The number of halogens is 2. The Morgan fingerprint density at radius 3 is 2.75 bits per heavy atom. The monoisotopic (exact) mass is 592 g/mol. The average molecular weight is 594 g/mol. The molecule has 0 saturated heterocycles. The van der Waals surface area contributed by atoms with Gasteiger partial charge in [0, 0.05) is 22.0 Å². The van der Waals surface area contributed by atoms with E-state index in [0.29, 0.717) is 43.4 Å². The molecule has 0 saturated carbocycles. The minimum atomic E-state index is -0.583. The molecule has 190 valence electrons. The van der Waals surface area contributed by atoms with Crippen molar-refractivity contribution >= 4 is 51.2 Å². The van der Waals surface area contributed by atoms with Crippen LogP contribution < -0.4 is 14.8 Å². The number of nitrogens with zero attached hydrogens (tertiary/aromatic N) is 3. The molecule has 1 aliphatic heterocycles. The fraction of sp³-hybridized carbons (Fsp3) is 0.320. The Morgan fingerprint density at radius 1 is 1.28 bits per heavy atom. The Hall–Kier alpha value is -2.69. The average Bonchev–Trinajstić information content (AvgIpc) is 3.28. The largest absolute Gasteiger partial charge is 0.493 e. The number of nitrogens with one attached hydrogen (secondary N) is 1. The zero-order valence-corrected chi connectivity index (χ0v) is 23.5. The molecule has 8 nitrogen and oxygen atoms in total. The van der Waals surface area contributed by atoms with Gasteiger partial charge in [0.25, 0.3) is 0 Å². The number of fused-ring (bicyclic) bond motifs is 1. The molecule has 2 aromatic carbocycles. The van der Waals surface area contributed by atoms with Crippen LogP contribution >= 0.6 is 39.3 Å². The highest BCUT2D eigenvalue weighted by Crippen LogP contribution is 2.43. The van der Waals surface area contributed by atoms with Gasteiger partial charge in [-0.3, -0.25) is 0 Å². The van der Waals surface area contributed by atoms with Gasteiger partial charge in [0.1, 0.15) is 12.6 Å². The van der Waals surface area contributed by atoms with Crippen molar-refractivity contribution in [3.63, 3.8) is 0 Å². The number of aromatic nitrogens is 3. The zero-order valence-electron chi connectivity index (χ0n) is 20.3. The highest BCUT2D eigenvalue weighted by Gasteiger charge is 2.36. The molecule has 0 amide bonds. The lowest BCUT2D eigenvalue weighted by molar-refractivity contribution is -0.136. The molecule has 1 aromatic heterocycles. The molecule has 1 N–H and O–H groups in total. The summed E-state index contributed by atoms with van der Waals surface area (Å²) in [5, 5.41) is 9.15. The van der Waals surface area contributed by atoms with Crippen molar-refractivity contribution < 1.29 is 19.0 Å². The van der Waals surface area contributed by atoms with Crippen LogP contribution in [0.2, 0.25) is 5.02 Å². The van der Waals surface area contributed by atoms with Gasteiger partial charge in [0.2, 0.25) is 11.1 Å². The summed E-state index contributed by atoms with van der Waals surface area (Å²) in [6, 6.07) is 10.6. The molecule has 1 atom stereocenters. The Morgan fingerprint density at radius 2 is 2.06 bits per heavy atom. The summed E-state index contributed by atoms with van der Waals surface area (Å²) in [6.45, 7) is 4.19. The van der Waals surface area contributed by atoms with Crippen molar-refractivity contribution in [2.24, 2.45) is 0 Å². The number of carbonyl (C=O) groups excluding carboxylic acids is 1. The lowest BCUT2D eigenvalue weighted by Gasteiger charge is -2.28. The van der Waals surface area contributed by atoms with Crippen molar-refractivity contribution in [2.75, 3.05) is 25.3 Å². The van der Waals surface area contributed by atoms with E-state index >= 15 is 0 Å². The Bertz CT molecular complexity index is 1310. The molecule has 0 bridgehead atoms. The molecular formula is C25H26BrClN4O4S. The number of methoxy groups -OCH3 is 2. The van der Waals surface area contributed by atoms with Gasteiger partial charge in [-0.25, -0.2) is 9.48 Å². The van der Waals surface area contributed by atoms with Crippen molar-refractivity contribution in [3.05, 3.63) is 68.3 Å². The predicted octanol–water partition coefficient (Wildman–Crippen LogP) is 6.25. The maximum Gasteiger partial charge on any atom is 0.338 e. The van der Waals surface area contributed by atoms with E-state index in [-0.39, 0.29) is 6.61 Å². The molecule has 1 aliphatic rings. The van der Waals surface area contributed by atoms with Crippen LogP contribution in [0.3, 0.4) is 0 Å². The van der Waals surface area contributed by atoms with Crippen LogP contribution in [0.25, 0.3) is 0 Å². The molecule has 0 spiro atoms. The number of hydrogen-bond acceptors (Lipinski definition) is 8. The van der Waals surface area contributed by atoms with E-state index in [1.165, 1.54) is 7.11 Å². The number of rotatable bonds is 9. The minimum Gasteiger partial charge on any atom is -0.493 e. The van der Waals surface area contributed by atoms with E-state index < -0.39 is 12.0 Å². The molecule has 4 rings (SSSR count). The third-order valence-corrected chi connectivity index (χ3v) is 7.57. The van der Waals surface area contributed by atoms with E-state index in [1.54, 1.807) is 23.6 Å². The van der Waals surface area contributed by atoms with Crippen LogP contribution in [0.1, 0.15) is 37.4 Å². The van der Waals surface area contributed by atoms with Crippen molar-refractivity contribution in [3.8, 4) is 11.5 Å². The highest BCUT2D eigenvalue weighted by atomic mass is 79.9. The van der Waals surface area contributed by atoms with Crippen molar-refractivity contribution in [1.29, 1.82) is 0 Å². The van der Waals surface area contributed by atoms with Gasteiger partial charge in [0.05, 0.1) is 24.3 Å². The van der Waals surface area contributed by atoms with E-state index in [9.17, 15) is 4.79 Å². The molecule has 0 radical (unpaired) electrons. The number of ether oxygens (including phenoxy) is 3. The topological polar surface area (TPSA) is 87.5 Å². The van der Waals surface area contributed by atoms with Gasteiger partial charge in [-0.2, -0.15) is 4.98 Å². The SMILES string of the molecule is CCCSc1nc2n(n1)C(c1cc(Br)c(OCc3ccccc3Cl)c(OC)c1)C(C(=O)OC)=C(C)N2. The molecule has 3 aromatic rings. The molecule has 0 aliphatic carbocycles. The fourth-order valence-corrected chi connectivity index (χ4v) is 5.32. The number of benzene rings is 2. The van der Waals surface area contributed by atoms with E-state index in [4.69, 9.17) is 30.9 Å². The Labute approximate surface area is 227 Å². The summed E-state index contributed by atoms with van der Waals surface area (Å²) in [6.07, 6.45) is 0.996. The van der Waals surface area contributed by atoms with E-state index in [1.807, 2.05) is 43.3 Å². The van der Waals surface area contributed by atoms with Gasteiger partial charge in [-0.1, -0.05) is 48.5 Å².